The van der Waals surface area contributed by atoms with Crippen molar-refractivity contribution in [3.8, 4) is 0 Å². The number of alkyl halides is 3. The predicted molar refractivity (Wildman–Crippen MR) is 60.2 cm³/mol. The van der Waals surface area contributed by atoms with Crippen LogP contribution in [0, 0.1) is 5.82 Å². The number of aryl methyl sites for hydroxylation is 1. The summed E-state index contributed by atoms with van der Waals surface area (Å²) in [7, 11) is 1.48. The van der Waals surface area contributed by atoms with Crippen molar-refractivity contribution in [3.05, 3.63) is 57.3 Å². The van der Waals surface area contributed by atoms with Gasteiger partial charge in [0, 0.05) is 25.2 Å². The molecule has 0 fully saturated rings. The molecule has 102 valence electrons. The first-order chi connectivity index (χ1) is 8.75. The second-order valence-electron chi connectivity index (χ2n) is 4.20. The molecule has 0 saturated heterocycles. The molecule has 3 nitrogen and oxygen atoms in total. The van der Waals surface area contributed by atoms with Gasteiger partial charge < -0.3 is 0 Å². The summed E-state index contributed by atoms with van der Waals surface area (Å²) in [6, 6.07) is 3.59. The lowest BCUT2D eigenvalue weighted by Gasteiger charge is -2.09. The number of aromatic amines is 1. The highest BCUT2D eigenvalue weighted by Crippen LogP contribution is 2.30. The average Bonchev–Trinajstić information content (AvgIpc) is 2.55. The van der Waals surface area contributed by atoms with Gasteiger partial charge in [-0.3, -0.25) is 14.6 Å². The molecule has 2 rings (SSSR count). The average molecular weight is 274 g/mol. The summed E-state index contributed by atoms with van der Waals surface area (Å²) in [5, 5.41) is 2.67. The van der Waals surface area contributed by atoms with E-state index in [4.69, 9.17) is 0 Å². The molecule has 0 aliphatic rings. The Balaban J connectivity index is 2.35. The minimum atomic E-state index is -4.60. The van der Waals surface area contributed by atoms with Crippen LogP contribution in [0.5, 0.6) is 0 Å². The van der Waals surface area contributed by atoms with E-state index in [-0.39, 0.29) is 17.5 Å². The van der Waals surface area contributed by atoms with Gasteiger partial charge in [-0.1, -0.05) is 0 Å². The summed E-state index contributed by atoms with van der Waals surface area (Å²) in [6.45, 7) is 0. The molecule has 0 aliphatic heterocycles. The molecule has 0 spiro atoms. The van der Waals surface area contributed by atoms with Crippen LogP contribution >= 0.6 is 0 Å². The minimum Gasteiger partial charge on any atom is -0.300 e. The zero-order valence-electron chi connectivity index (χ0n) is 9.88. The van der Waals surface area contributed by atoms with Crippen molar-refractivity contribution >= 4 is 0 Å². The van der Waals surface area contributed by atoms with Gasteiger partial charge in [0.25, 0.3) is 5.56 Å². The molecule has 1 N–H and O–H groups in total. The number of aromatic nitrogens is 2. The lowest BCUT2D eigenvalue weighted by Crippen LogP contribution is -2.09. The number of halogens is 4. The van der Waals surface area contributed by atoms with Crippen LogP contribution in [0.15, 0.2) is 29.1 Å². The molecule has 0 amide bonds. The van der Waals surface area contributed by atoms with Gasteiger partial charge in [-0.05, 0) is 23.8 Å². The van der Waals surface area contributed by atoms with Crippen molar-refractivity contribution in [2.24, 2.45) is 7.05 Å². The van der Waals surface area contributed by atoms with E-state index in [1.807, 2.05) is 0 Å². The van der Waals surface area contributed by atoms with Gasteiger partial charge in [-0.25, -0.2) is 4.39 Å². The molecule has 7 heteroatoms. The molecular formula is C12H10F4N2O. The van der Waals surface area contributed by atoms with Crippen molar-refractivity contribution < 1.29 is 17.6 Å². The van der Waals surface area contributed by atoms with Crippen LogP contribution in [0.25, 0.3) is 0 Å². The Morgan fingerprint density at radius 3 is 2.42 bits per heavy atom. The van der Waals surface area contributed by atoms with Crippen molar-refractivity contribution in [1.82, 2.24) is 9.78 Å². The van der Waals surface area contributed by atoms with E-state index in [2.05, 4.69) is 5.10 Å². The third kappa shape index (κ3) is 3.04. The van der Waals surface area contributed by atoms with E-state index in [9.17, 15) is 22.4 Å². The van der Waals surface area contributed by atoms with E-state index < -0.39 is 17.6 Å². The minimum absolute atomic E-state index is 0.0247. The van der Waals surface area contributed by atoms with Gasteiger partial charge in [-0.15, -0.1) is 0 Å². The van der Waals surface area contributed by atoms with Gasteiger partial charge in [0.15, 0.2) is 0 Å². The maximum absolute atomic E-state index is 13.2. The number of nitrogens with zero attached hydrogens (tertiary/aromatic N) is 1. The van der Waals surface area contributed by atoms with E-state index >= 15 is 0 Å². The van der Waals surface area contributed by atoms with Crippen LogP contribution in [0.3, 0.4) is 0 Å². The second-order valence-corrected chi connectivity index (χ2v) is 4.20. The van der Waals surface area contributed by atoms with Crippen molar-refractivity contribution in [2.45, 2.75) is 12.6 Å². The Kier molecular flexibility index (Phi) is 3.21. The Labute approximate surface area is 105 Å². The monoisotopic (exact) mass is 274 g/mol. The fourth-order valence-corrected chi connectivity index (χ4v) is 1.78. The molecule has 0 saturated carbocycles. The van der Waals surface area contributed by atoms with Gasteiger partial charge in [0.1, 0.15) is 5.82 Å². The summed E-state index contributed by atoms with van der Waals surface area (Å²) in [6.07, 6.45) is -4.57. The largest absolute Gasteiger partial charge is 0.416 e. The number of H-pyrrole nitrogens is 1. The summed E-state index contributed by atoms with van der Waals surface area (Å²) >= 11 is 0. The van der Waals surface area contributed by atoms with Crippen molar-refractivity contribution in [2.75, 3.05) is 0 Å². The molecule has 0 radical (unpaired) electrons. The highest BCUT2D eigenvalue weighted by molar-refractivity contribution is 5.29. The quantitative estimate of drug-likeness (QED) is 0.839. The molecule has 1 heterocycles. The zero-order chi connectivity index (χ0) is 14.2. The molecule has 0 aliphatic carbocycles. The SMILES string of the molecule is Cn1[nH]c(Cc2cc(F)cc(C(F)(F)F)c2)cc1=O. The van der Waals surface area contributed by atoms with Crippen LogP contribution in [-0.4, -0.2) is 9.78 Å². The molecule has 0 bridgehead atoms. The second kappa shape index (κ2) is 4.56. The maximum Gasteiger partial charge on any atom is 0.416 e. The molecule has 2 aromatic rings. The number of benzene rings is 1. The standard InChI is InChI=1S/C12H10F4N2O/c1-18-11(19)6-10(17-18)4-7-2-8(12(14,15)16)5-9(13)3-7/h2-3,5-6,17H,4H2,1H3. The topological polar surface area (TPSA) is 37.8 Å². The molecule has 0 unspecified atom stereocenters. The van der Waals surface area contributed by atoms with Gasteiger partial charge in [0.05, 0.1) is 5.56 Å². The summed E-state index contributed by atoms with van der Waals surface area (Å²) < 4.78 is 51.9. The van der Waals surface area contributed by atoms with Crippen LogP contribution in [0.4, 0.5) is 17.6 Å². The van der Waals surface area contributed by atoms with E-state index in [1.165, 1.54) is 17.8 Å². The summed E-state index contributed by atoms with van der Waals surface area (Å²) in [4.78, 5) is 11.2. The molecule has 0 atom stereocenters. The van der Waals surface area contributed by atoms with Gasteiger partial charge in [0.2, 0.25) is 0 Å². The smallest absolute Gasteiger partial charge is 0.300 e. The first kappa shape index (κ1) is 13.4. The third-order valence-corrected chi connectivity index (χ3v) is 2.62. The highest BCUT2D eigenvalue weighted by atomic mass is 19.4. The Morgan fingerprint density at radius 1 is 1.21 bits per heavy atom. The lowest BCUT2D eigenvalue weighted by atomic mass is 10.1. The lowest BCUT2D eigenvalue weighted by molar-refractivity contribution is -0.137. The Bertz CT molecular complexity index is 654. The van der Waals surface area contributed by atoms with Gasteiger partial charge in [-0.2, -0.15) is 13.2 Å². The first-order valence-electron chi connectivity index (χ1n) is 5.37. The number of rotatable bonds is 2. The van der Waals surface area contributed by atoms with E-state index in [0.717, 1.165) is 12.1 Å². The van der Waals surface area contributed by atoms with Crippen molar-refractivity contribution in [1.29, 1.82) is 0 Å². The molecular weight excluding hydrogens is 264 g/mol. The fourth-order valence-electron chi connectivity index (χ4n) is 1.78. The fraction of sp³-hybridized carbons (Fsp3) is 0.250. The third-order valence-electron chi connectivity index (χ3n) is 2.62. The normalized spacial score (nSPS) is 11.8. The summed E-state index contributed by atoms with van der Waals surface area (Å²) in [5.41, 5.74) is -0.774. The maximum atomic E-state index is 13.2. The number of hydrogen-bond donors (Lipinski definition) is 1. The Morgan fingerprint density at radius 2 is 1.89 bits per heavy atom. The van der Waals surface area contributed by atoms with Crippen LogP contribution in [0.1, 0.15) is 16.8 Å². The van der Waals surface area contributed by atoms with E-state index in [1.54, 1.807) is 0 Å². The predicted octanol–water partition coefficient (Wildman–Crippen LogP) is 2.46. The van der Waals surface area contributed by atoms with Crippen molar-refractivity contribution in [3.63, 3.8) is 0 Å². The number of hydrogen-bond acceptors (Lipinski definition) is 1. The number of nitrogens with one attached hydrogen (secondary N) is 1. The first-order valence-corrected chi connectivity index (χ1v) is 5.37. The molecule has 1 aromatic carbocycles. The summed E-state index contributed by atoms with van der Waals surface area (Å²) in [5.74, 6) is -0.955. The molecule has 19 heavy (non-hydrogen) atoms. The van der Waals surface area contributed by atoms with Crippen LogP contribution in [0.2, 0.25) is 0 Å². The zero-order valence-corrected chi connectivity index (χ0v) is 9.88. The Hall–Kier alpha value is -2.05. The van der Waals surface area contributed by atoms with Crippen LogP contribution < -0.4 is 5.56 Å². The van der Waals surface area contributed by atoms with Crippen LogP contribution in [-0.2, 0) is 19.6 Å². The van der Waals surface area contributed by atoms with E-state index in [0.29, 0.717) is 11.8 Å². The van der Waals surface area contributed by atoms with Gasteiger partial charge >= 0.3 is 6.18 Å². The highest BCUT2D eigenvalue weighted by Gasteiger charge is 2.31. The molecule has 1 aromatic heterocycles.